The van der Waals surface area contributed by atoms with Crippen LogP contribution in [0.4, 0.5) is 5.82 Å². The van der Waals surface area contributed by atoms with Gasteiger partial charge in [-0.2, -0.15) is 0 Å². The molecule has 1 N–H and O–H groups in total. The molecule has 0 aliphatic carbocycles. The van der Waals surface area contributed by atoms with E-state index >= 15 is 0 Å². The summed E-state index contributed by atoms with van der Waals surface area (Å²) in [7, 11) is 0. The summed E-state index contributed by atoms with van der Waals surface area (Å²) in [4.78, 5) is 18.8. The van der Waals surface area contributed by atoms with Gasteiger partial charge in [0.1, 0.15) is 11.6 Å². The van der Waals surface area contributed by atoms with Gasteiger partial charge in [0.05, 0.1) is 0 Å². The quantitative estimate of drug-likeness (QED) is 0.879. The molecule has 5 heteroatoms. The molecule has 1 aliphatic heterocycles. The molecular weight excluding hydrogens is 314 g/mol. The van der Waals surface area contributed by atoms with Gasteiger partial charge in [-0.3, -0.25) is 4.79 Å². The highest BCUT2D eigenvalue weighted by molar-refractivity contribution is 5.77. The highest BCUT2D eigenvalue weighted by Gasteiger charge is 2.14. The van der Waals surface area contributed by atoms with Crippen LogP contribution in [0.1, 0.15) is 29.5 Å². The molecule has 1 aromatic heterocycles. The fraction of sp³-hybridized carbons (Fsp3) is 0.400. The number of anilines is 1. The van der Waals surface area contributed by atoms with E-state index < -0.39 is 0 Å². The van der Waals surface area contributed by atoms with E-state index in [0.717, 1.165) is 41.3 Å². The van der Waals surface area contributed by atoms with E-state index in [9.17, 15) is 4.79 Å². The molecule has 1 aliphatic rings. The lowest BCUT2D eigenvalue weighted by Gasteiger charge is -2.17. The van der Waals surface area contributed by atoms with Gasteiger partial charge in [0, 0.05) is 25.8 Å². The van der Waals surface area contributed by atoms with E-state index in [1.54, 1.807) is 0 Å². The van der Waals surface area contributed by atoms with Gasteiger partial charge >= 0.3 is 0 Å². The number of rotatable bonds is 6. The van der Waals surface area contributed by atoms with Crippen molar-refractivity contribution in [2.75, 3.05) is 24.6 Å². The minimum Gasteiger partial charge on any atom is -0.483 e. The van der Waals surface area contributed by atoms with Crippen LogP contribution >= 0.6 is 0 Å². The third-order valence-electron chi connectivity index (χ3n) is 4.49. The number of amides is 1. The Balaban J connectivity index is 1.51. The van der Waals surface area contributed by atoms with Crippen LogP contribution in [0.3, 0.4) is 0 Å². The number of benzene rings is 1. The van der Waals surface area contributed by atoms with Crippen LogP contribution < -0.4 is 15.0 Å². The zero-order chi connectivity index (χ0) is 17.6. The average Bonchev–Trinajstić information content (AvgIpc) is 3.14. The lowest BCUT2D eigenvalue weighted by Crippen LogP contribution is -2.28. The Kier molecular flexibility index (Phi) is 5.53. The van der Waals surface area contributed by atoms with Crippen molar-refractivity contribution in [1.29, 1.82) is 0 Å². The maximum absolute atomic E-state index is 12.1. The maximum Gasteiger partial charge on any atom is 0.258 e. The molecule has 2 aromatic rings. The lowest BCUT2D eigenvalue weighted by molar-refractivity contribution is -0.123. The molecule has 0 radical (unpaired) electrons. The largest absolute Gasteiger partial charge is 0.483 e. The summed E-state index contributed by atoms with van der Waals surface area (Å²) in [6.45, 7) is 6.60. The molecule has 0 spiro atoms. The summed E-state index contributed by atoms with van der Waals surface area (Å²) < 4.78 is 5.69. The average molecular weight is 339 g/mol. The molecule has 3 rings (SSSR count). The minimum atomic E-state index is -0.123. The third-order valence-corrected chi connectivity index (χ3v) is 4.49. The van der Waals surface area contributed by atoms with Crippen molar-refractivity contribution >= 4 is 11.7 Å². The Morgan fingerprint density at radius 3 is 2.64 bits per heavy atom. The molecule has 5 nitrogen and oxygen atoms in total. The molecule has 1 amide bonds. The van der Waals surface area contributed by atoms with E-state index in [0.29, 0.717) is 6.54 Å². The Bertz CT molecular complexity index is 719. The number of para-hydroxylation sites is 1. The number of aryl methyl sites for hydroxylation is 2. The Labute approximate surface area is 149 Å². The van der Waals surface area contributed by atoms with Crippen molar-refractivity contribution in [3.63, 3.8) is 0 Å². The molecule has 1 aromatic carbocycles. The summed E-state index contributed by atoms with van der Waals surface area (Å²) >= 11 is 0. The maximum atomic E-state index is 12.1. The lowest BCUT2D eigenvalue weighted by atomic mass is 10.1. The van der Waals surface area contributed by atoms with Crippen LogP contribution in [0.25, 0.3) is 0 Å². The number of nitrogens with zero attached hydrogens (tertiary/aromatic N) is 2. The van der Waals surface area contributed by atoms with Crippen molar-refractivity contribution in [3.8, 4) is 5.75 Å². The van der Waals surface area contributed by atoms with Crippen molar-refractivity contribution in [3.05, 3.63) is 53.2 Å². The van der Waals surface area contributed by atoms with Crippen LogP contribution in [0.2, 0.25) is 0 Å². The number of nitrogens with one attached hydrogen (secondary N) is 1. The third kappa shape index (κ3) is 4.50. The van der Waals surface area contributed by atoms with Crippen molar-refractivity contribution < 1.29 is 9.53 Å². The van der Waals surface area contributed by atoms with Crippen LogP contribution in [-0.2, 0) is 11.3 Å². The number of hydrogen-bond acceptors (Lipinski definition) is 4. The molecule has 0 atom stereocenters. The minimum absolute atomic E-state index is 0.0236. The van der Waals surface area contributed by atoms with Gasteiger partial charge in [0.2, 0.25) is 0 Å². The number of ether oxygens (including phenoxy) is 1. The second kappa shape index (κ2) is 8.01. The van der Waals surface area contributed by atoms with E-state index in [2.05, 4.69) is 21.3 Å². The molecule has 1 fully saturated rings. The number of carbonyl (C=O) groups is 1. The van der Waals surface area contributed by atoms with E-state index in [-0.39, 0.29) is 12.5 Å². The van der Waals surface area contributed by atoms with Gasteiger partial charge in [-0.15, -0.1) is 0 Å². The fourth-order valence-corrected chi connectivity index (χ4v) is 3.11. The van der Waals surface area contributed by atoms with Gasteiger partial charge in [0.15, 0.2) is 6.61 Å². The number of hydrogen-bond donors (Lipinski definition) is 1. The van der Waals surface area contributed by atoms with E-state index in [4.69, 9.17) is 4.74 Å². The van der Waals surface area contributed by atoms with Gasteiger partial charge in [0.25, 0.3) is 5.91 Å². The summed E-state index contributed by atoms with van der Waals surface area (Å²) in [6, 6.07) is 9.94. The molecule has 132 valence electrons. The molecule has 0 bridgehead atoms. The Morgan fingerprint density at radius 1 is 1.20 bits per heavy atom. The zero-order valence-corrected chi connectivity index (χ0v) is 14.9. The van der Waals surface area contributed by atoms with Crippen molar-refractivity contribution in [2.24, 2.45) is 0 Å². The van der Waals surface area contributed by atoms with Crippen molar-refractivity contribution in [2.45, 2.75) is 33.2 Å². The smallest absolute Gasteiger partial charge is 0.258 e. The van der Waals surface area contributed by atoms with Crippen molar-refractivity contribution in [1.82, 2.24) is 10.3 Å². The van der Waals surface area contributed by atoms with Gasteiger partial charge in [-0.1, -0.05) is 18.2 Å². The topological polar surface area (TPSA) is 54.5 Å². The monoisotopic (exact) mass is 339 g/mol. The molecular formula is C20H25N3O2. The first-order valence-electron chi connectivity index (χ1n) is 8.79. The van der Waals surface area contributed by atoms with Crippen LogP contribution in [0, 0.1) is 13.8 Å². The number of carbonyl (C=O) groups excluding carboxylic acids is 1. The van der Waals surface area contributed by atoms with E-state index in [1.165, 1.54) is 12.8 Å². The summed E-state index contributed by atoms with van der Waals surface area (Å²) in [5.41, 5.74) is 3.13. The van der Waals surface area contributed by atoms with Gasteiger partial charge < -0.3 is 15.0 Å². The Morgan fingerprint density at radius 2 is 1.92 bits per heavy atom. The molecule has 0 saturated carbocycles. The second-order valence-corrected chi connectivity index (χ2v) is 6.50. The molecule has 1 saturated heterocycles. The first kappa shape index (κ1) is 17.3. The molecule has 0 unspecified atom stereocenters. The van der Waals surface area contributed by atoms with Gasteiger partial charge in [-0.05, 0) is 55.5 Å². The summed E-state index contributed by atoms with van der Waals surface area (Å²) in [6.07, 6.45) is 4.25. The van der Waals surface area contributed by atoms with Gasteiger partial charge in [-0.25, -0.2) is 4.98 Å². The second-order valence-electron chi connectivity index (χ2n) is 6.50. The van der Waals surface area contributed by atoms with Crippen LogP contribution in [0.5, 0.6) is 5.75 Å². The van der Waals surface area contributed by atoms with Crippen LogP contribution in [0.15, 0.2) is 36.5 Å². The summed E-state index contributed by atoms with van der Waals surface area (Å²) in [5.74, 6) is 1.66. The normalized spacial score (nSPS) is 13.8. The predicted molar refractivity (Wildman–Crippen MR) is 98.9 cm³/mol. The SMILES string of the molecule is Cc1cccc(C)c1OCC(=O)NCc1ccnc(N2CCCC2)c1. The first-order chi connectivity index (χ1) is 12.1. The molecule has 25 heavy (non-hydrogen) atoms. The predicted octanol–water partition coefficient (Wildman–Crippen LogP) is 2.99. The summed E-state index contributed by atoms with van der Waals surface area (Å²) in [5, 5.41) is 2.92. The molecule has 2 heterocycles. The fourth-order valence-electron chi connectivity index (χ4n) is 3.11. The Hall–Kier alpha value is -2.56. The number of aromatic nitrogens is 1. The van der Waals surface area contributed by atoms with E-state index in [1.807, 2.05) is 44.3 Å². The first-order valence-corrected chi connectivity index (χ1v) is 8.79. The zero-order valence-electron chi connectivity index (χ0n) is 14.9. The number of pyridine rings is 1. The highest BCUT2D eigenvalue weighted by atomic mass is 16.5. The highest BCUT2D eigenvalue weighted by Crippen LogP contribution is 2.22. The van der Waals surface area contributed by atoms with Crippen LogP contribution in [-0.4, -0.2) is 30.6 Å². The standard InChI is InChI=1S/C20H25N3O2/c1-15-6-5-7-16(2)20(15)25-14-19(24)22-13-17-8-9-21-18(12-17)23-10-3-4-11-23/h5-9,12H,3-4,10-11,13-14H2,1-2H3,(H,22,24).